The molecule has 0 aliphatic heterocycles. The third-order valence-electron chi connectivity index (χ3n) is 2.37. The molecule has 0 saturated heterocycles. The first-order valence-electron chi connectivity index (χ1n) is 7.67. The van der Waals surface area contributed by atoms with E-state index in [2.05, 4.69) is 10.6 Å². The van der Waals surface area contributed by atoms with Gasteiger partial charge in [-0.25, -0.2) is 9.59 Å². The molecule has 138 valence electrons. The number of hydrogen-bond acceptors (Lipinski definition) is 7. The maximum absolute atomic E-state index is 11.8. The first-order valence-corrected chi connectivity index (χ1v) is 7.67. The van der Waals surface area contributed by atoms with Gasteiger partial charge in [-0.1, -0.05) is 0 Å². The van der Waals surface area contributed by atoms with Crippen LogP contribution in [0.15, 0.2) is 0 Å². The summed E-state index contributed by atoms with van der Waals surface area (Å²) in [5, 5.41) is 4.58. The fourth-order valence-electron chi connectivity index (χ4n) is 1.53. The predicted octanol–water partition coefficient (Wildman–Crippen LogP) is 0.512. The van der Waals surface area contributed by atoms with Crippen LogP contribution in [-0.4, -0.2) is 55.3 Å². The molecule has 2 N–H and O–H groups in total. The zero-order valence-electron chi connectivity index (χ0n) is 14.8. The summed E-state index contributed by atoms with van der Waals surface area (Å²) < 4.78 is 14.5. The maximum Gasteiger partial charge on any atom is 0.408 e. The molecule has 0 aliphatic rings. The molecule has 0 aromatic heterocycles. The lowest BCUT2D eigenvalue weighted by atomic mass is 10.2. The van der Waals surface area contributed by atoms with Crippen LogP contribution in [0.25, 0.3) is 0 Å². The number of ether oxygens (including phenoxy) is 3. The van der Waals surface area contributed by atoms with Gasteiger partial charge in [-0.05, 0) is 34.6 Å². The summed E-state index contributed by atoms with van der Waals surface area (Å²) in [6.45, 7) is 8.13. The molecule has 2 amide bonds. The van der Waals surface area contributed by atoms with Gasteiger partial charge >= 0.3 is 18.0 Å². The highest BCUT2D eigenvalue weighted by atomic mass is 16.6. The number of carbonyl (C=O) groups is 4. The van der Waals surface area contributed by atoms with E-state index in [4.69, 9.17) is 14.2 Å². The van der Waals surface area contributed by atoms with Gasteiger partial charge in [0.05, 0.1) is 19.6 Å². The first-order chi connectivity index (χ1) is 11.1. The van der Waals surface area contributed by atoms with E-state index in [1.54, 1.807) is 34.6 Å². The first kappa shape index (κ1) is 21.7. The molecule has 0 heterocycles. The van der Waals surface area contributed by atoms with Crippen LogP contribution in [-0.2, 0) is 28.6 Å². The predicted molar refractivity (Wildman–Crippen MR) is 84.1 cm³/mol. The standard InChI is InChI=1S/C15H26N2O7/c1-6-22-12(19)8-10(13(20)23-7-2)17-11(18)9-16-14(21)24-15(3,4)5/h10H,6-9H2,1-5H3,(H,16,21)(H,17,18)/t10-/m0/s1. The van der Waals surface area contributed by atoms with Crippen LogP contribution in [0.5, 0.6) is 0 Å². The van der Waals surface area contributed by atoms with E-state index in [-0.39, 0.29) is 19.6 Å². The van der Waals surface area contributed by atoms with Crippen molar-refractivity contribution >= 4 is 23.9 Å². The van der Waals surface area contributed by atoms with Gasteiger partial charge in [0.15, 0.2) is 0 Å². The van der Waals surface area contributed by atoms with E-state index in [1.807, 2.05) is 0 Å². The third kappa shape index (κ3) is 10.4. The Morgan fingerprint density at radius 2 is 1.58 bits per heavy atom. The molecule has 0 rings (SSSR count). The second-order valence-electron chi connectivity index (χ2n) is 5.74. The van der Waals surface area contributed by atoms with Gasteiger partial charge in [-0.15, -0.1) is 0 Å². The largest absolute Gasteiger partial charge is 0.466 e. The number of rotatable bonds is 8. The number of amides is 2. The molecule has 0 spiro atoms. The van der Waals surface area contributed by atoms with E-state index in [0.717, 1.165) is 0 Å². The van der Waals surface area contributed by atoms with Gasteiger partial charge in [0.1, 0.15) is 18.2 Å². The molecule has 0 saturated carbocycles. The quantitative estimate of drug-likeness (QED) is 0.485. The van der Waals surface area contributed by atoms with Gasteiger partial charge in [-0.3, -0.25) is 9.59 Å². The molecule has 0 aromatic rings. The topological polar surface area (TPSA) is 120 Å². The van der Waals surface area contributed by atoms with Crippen molar-refractivity contribution in [3.8, 4) is 0 Å². The molecule has 0 aromatic carbocycles. The Labute approximate surface area is 141 Å². The van der Waals surface area contributed by atoms with Gasteiger partial charge in [0.25, 0.3) is 0 Å². The van der Waals surface area contributed by atoms with Gasteiger partial charge in [0.2, 0.25) is 5.91 Å². The average Bonchev–Trinajstić information content (AvgIpc) is 2.43. The third-order valence-corrected chi connectivity index (χ3v) is 2.37. The van der Waals surface area contributed by atoms with Crippen LogP contribution in [0.2, 0.25) is 0 Å². The fraction of sp³-hybridized carbons (Fsp3) is 0.733. The van der Waals surface area contributed by atoms with Crippen molar-refractivity contribution in [2.45, 2.75) is 52.7 Å². The number of carbonyl (C=O) groups excluding carboxylic acids is 4. The van der Waals surface area contributed by atoms with Crippen LogP contribution in [0.1, 0.15) is 41.0 Å². The van der Waals surface area contributed by atoms with E-state index in [9.17, 15) is 19.2 Å². The Morgan fingerprint density at radius 1 is 1.00 bits per heavy atom. The second-order valence-corrected chi connectivity index (χ2v) is 5.74. The average molecular weight is 346 g/mol. The van der Waals surface area contributed by atoms with E-state index in [1.165, 1.54) is 0 Å². The van der Waals surface area contributed by atoms with E-state index >= 15 is 0 Å². The molecule has 0 aliphatic carbocycles. The minimum Gasteiger partial charge on any atom is -0.466 e. The van der Waals surface area contributed by atoms with Crippen molar-refractivity contribution in [2.75, 3.05) is 19.8 Å². The summed E-state index contributed by atoms with van der Waals surface area (Å²) in [5.74, 6) is -2.06. The van der Waals surface area contributed by atoms with Crippen LogP contribution in [0.4, 0.5) is 4.79 Å². The minimum atomic E-state index is -1.18. The minimum absolute atomic E-state index is 0.101. The smallest absolute Gasteiger partial charge is 0.408 e. The molecule has 9 nitrogen and oxygen atoms in total. The van der Waals surface area contributed by atoms with Gasteiger partial charge < -0.3 is 24.8 Å². The summed E-state index contributed by atoms with van der Waals surface area (Å²) in [5.41, 5.74) is -0.696. The number of alkyl carbamates (subject to hydrolysis) is 1. The fourth-order valence-corrected chi connectivity index (χ4v) is 1.53. The van der Waals surface area contributed by atoms with Crippen LogP contribution >= 0.6 is 0 Å². The molecule has 1 atom stereocenters. The summed E-state index contributed by atoms with van der Waals surface area (Å²) >= 11 is 0. The highest BCUT2D eigenvalue weighted by molar-refractivity contribution is 5.89. The Morgan fingerprint density at radius 3 is 2.08 bits per heavy atom. The Balaban J connectivity index is 4.55. The molecule has 0 unspecified atom stereocenters. The molecule has 24 heavy (non-hydrogen) atoms. The lowest BCUT2D eigenvalue weighted by Crippen LogP contribution is -2.47. The van der Waals surface area contributed by atoms with Crippen molar-refractivity contribution in [2.24, 2.45) is 0 Å². The molecular weight excluding hydrogens is 320 g/mol. The maximum atomic E-state index is 11.8. The Bertz CT molecular complexity index is 457. The van der Waals surface area contributed by atoms with Crippen molar-refractivity contribution in [1.29, 1.82) is 0 Å². The van der Waals surface area contributed by atoms with E-state index < -0.39 is 42.1 Å². The van der Waals surface area contributed by atoms with Crippen molar-refractivity contribution in [3.05, 3.63) is 0 Å². The Hall–Kier alpha value is -2.32. The SMILES string of the molecule is CCOC(=O)C[C@H](NC(=O)CNC(=O)OC(C)(C)C)C(=O)OCC. The molecule has 9 heteroatoms. The van der Waals surface area contributed by atoms with Gasteiger partial charge in [-0.2, -0.15) is 0 Å². The summed E-state index contributed by atoms with van der Waals surface area (Å²) in [6.07, 6.45) is -1.12. The van der Waals surface area contributed by atoms with Crippen LogP contribution in [0, 0.1) is 0 Å². The molecule has 0 fully saturated rings. The molecule has 0 bridgehead atoms. The van der Waals surface area contributed by atoms with Gasteiger partial charge in [0, 0.05) is 0 Å². The molecular formula is C15H26N2O7. The number of hydrogen-bond donors (Lipinski definition) is 2. The zero-order valence-corrected chi connectivity index (χ0v) is 14.8. The monoisotopic (exact) mass is 346 g/mol. The Kier molecular flexibility index (Phi) is 9.44. The van der Waals surface area contributed by atoms with Crippen molar-refractivity contribution in [1.82, 2.24) is 10.6 Å². The summed E-state index contributed by atoms with van der Waals surface area (Å²) in [7, 11) is 0. The van der Waals surface area contributed by atoms with E-state index in [0.29, 0.717) is 0 Å². The normalized spacial score (nSPS) is 11.9. The summed E-state index contributed by atoms with van der Waals surface area (Å²) in [6, 6.07) is -1.18. The molecule has 0 radical (unpaired) electrons. The van der Waals surface area contributed by atoms with Crippen LogP contribution in [0.3, 0.4) is 0 Å². The number of nitrogens with one attached hydrogen (secondary N) is 2. The number of esters is 2. The summed E-state index contributed by atoms with van der Waals surface area (Å²) in [4.78, 5) is 46.6. The zero-order chi connectivity index (χ0) is 18.8. The van der Waals surface area contributed by atoms with Crippen molar-refractivity contribution < 1.29 is 33.4 Å². The van der Waals surface area contributed by atoms with Crippen molar-refractivity contribution in [3.63, 3.8) is 0 Å². The lowest BCUT2D eigenvalue weighted by Gasteiger charge is -2.20. The lowest BCUT2D eigenvalue weighted by molar-refractivity contribution is -0.153. The highest BCUT2D eigenvalue weighted by Crippen LogP contribution is 2.06. The van der Waals surface area contributed by atoms with Crippen LogP contribution < -0.4 is 10.6 Å². The second kappa shape index (κ2) is 10.5. The highest BCUT2D eigenvalue weighted by Gasteiger charge is 2.26.